The number of benzene rings is 3. The van der Waals surface area contributed by atoms with E-state index in [1.165, 1.54) is 4.90 Å². The van der Waals surface area contributed by atoms with E-state index in [1.54, 1.807) is 75.6 Å². The van der Waals surface area contributed by atoms with Gasteiger partial charge in [-0.1, -0.05) is 29.8 Å². The van der Waals surface area contributed by atoms with Crippen molar-refractivity contribution >= 4 is 35.2 Å². The number of methoxy groups -OCH3 is 1. The molecular formula is C31H30N2O6. The van der Waals surface area contributed by atoms with E-state index in [0.29, 0.717) is 34.1 Å². The zero-order valence-electron chi connectivity index (χ0n) is 22.3. The summed E-state index contributed by atoms with van der Waals surface area (Å²) in [4.78, 5) is 40.1. The first-order valence-corrected chi connectivity index (χ1v) is 12.5. The summed E-state index contributed by atoms with van der Waals surface area (Å²) in [6, 6.07) is 21.4. The number of ether oxygens (including phenoxy) is 3. The molecule has 1 aliphatic rings. The second-order valence-electron chi connectivity index (χ2n) is 8.85. The van der Waals surface area contributed by atoms with Crippen LogP contribution >= 0.6 is 0 Å². The molecule has 3 aromatic carbocycles. The van der Waals surface area contributed by atoms with Gasteiger partial charge in [-0.05, 0) is 80.9 Å². The highest BCUT2D eigenvalue weighted by Crippen LogP contribution is 2.36. The number of anilines is 2. The average molecular weight is 527 g/mol. The van der Waals surface area contributed by atoms with Gasteiger partial charge in [0.2, 0.25) is 0 Å². The van der Waals surface area contributed by atoms with E-state index < -0.39 is 5.97 Å². The Labute approximate surface area is 227 Å². The molecule has 0 saturated carbocycles. The molecule has 0 aromatic heterocycles. The van der Waals surface area contributed by atoms with Crippen LogP contribution in [0.4, 0.5) is 11.4 Å². The Hall–Kier alpha value is -4.85. The Morgan fingerprint density at radius 3 is 2.15 bits per heavy atom. The van der Waals surface area contributed by atoms with Crippen LogP contribution in [0.15, 0.2) is 89.6 Å². The molecular weight excluding hydrogens is 496 g/mol. The summed E-state index contributed by atoms with van der Waals surface area (Å²) in [5, 5.41) is 2.79. The number of amides is 2. The highest BCUT2D eigenvalue weighted by molar-refractivity contribution is 6.23. The van der Waals surface area contributed by atoms with Gasteiger partial charge >= 0.3 is 5.97 Å². The Balaban J connectivity index is 1.51. The molecule has 8 heteroatoms. The summed E-state index contributed by atoms with van der Waals surface area (Å²) >= 11 is 0. The van der Waals surface area contributed by atoms with E-state index in [9.17, 15) is 14.4 Å². The van der Waals surface area contributed by atoms with Gasteiger partial charge in [0.05, 0.1) is 24.9 Å². The van der Waals surface area contributed by atoms with Crippen molar-refractivity contribution in [2.75, 3.05) is 30.5 Å². The molecule has 4 rings (SSSR count). The lowest BCUT2D eigenvalue weighted by molar-refractivity contribution is -0.138. The first-order chi connectivity index (χ1) is 18.8. The quantitative estimate of drug-likeness (QED) is 0.301. The van der Waals surface area contributed by atoms with Gasteiger partial charge < -0.3 is 19.5 Å². The van der Waals surface area contributed by atoms with Gasteiger partial charge in [-0.2, -0.15) is 0 Å². The van der Waals surface area contributed by atoms with Crippen molar-refractivity contribution in [3.8, 4) is 11.5 Å². The number of aryl methyl sites for hydroxylation is 1. The molecule has 200 valence electrons. The van der Waals surface area contributed by atoms with Crippen LogP contribution in [0.1, 0.15) is 25.0 Å². The molecule has 1 heterocycles. The van der Waals surface area contributed by atoms with Gasteiger partial charge in [0.1, 0.15) is 11.5 Å². The molecule has 2 amide bonds. The lowest BCUT2D eigenvalue weighted by Crippen LogP contribution is -2.24. The number of hydrogen-bond donors (Lipinski definition) is 1. The zero-order valence-corrected chi connectivity index (χ0v) is 22.3. The third-order valence-corrected chi connectivity index (χ3v) is 6.11. The number of allylic oxidation sites excluding steroid dienone is 1. The van der Waals surface area contributed by atoms with E-state index in [4.69, 9.17) is 14.2 Å². The molecule has 3 aromatic rings. The SMILES string of the molecule is CCOC(=O)C1=C(C)N(c2ccc(OC)cc2)C(=O)/C1=C\c1ccc(OCC(=O)Nc2ccc(C)cc2)cc1. The van der Waals surface area contributed by atoms with Crippen molar-refractivity contribution in [1.82, 2.24) is 0 Å². The maximum Gasteiger partial charge on any atom is 0.340 e. The van der Waals surface area contributed by atoms with Crippen molar-refractivity contribution in [1.29, 1.82) is 0 Å². The number of rotatable bonds is 9. The Morgan fingerprint density at radius 2 is 1.54 bits per heavy atom. The number of esters is 1. The standard InChI is InChI=1S/C31H30N2O6/c1-5-38-31(36)29-21(3)33(24-12-16-25(37-4)17-13-24)30(35)27(29)18-22-8-14-26(15-9-22)39-19-28(34)32-23-10-6-20(2)7-11-23/h6-18H,5,19H2,1-4H3,(H,32,34)/b27-18-. The number of carbonyl (C=O) groups is 3. The fourth-order valence-corrected chi connectivity index (χ4v) is 4.13. The maximum absolute atomic E-state index is 13.5. The van der Waals surface area contributed by atoms with Crippen molar-refractivity contribution in [2.24, 2.45) is 0 Å². The van der Waals surface area contributed by atoms with Crippen molar-refractivity contribution in [3.05, 3.63) is 101 Å². The molecule has 39 heavy (non-hydrogen) atoms. The number of nitrogens with zero attached hydrogens (tertiary/aromatic N) is 1. The predicted octanol–water partition coefficient (Wildman–Crippen LogP) is 5.29. The van der Waals surface area contributed by atoms with E-state index in [1.807, 2.05) is 31.2 Å². The van der Waals surface area contributed by atoms with Crippen LogP contribution in [0, 0.1) is 6.92 Å². The van der Waals surface area contributed by atoms with Gasteiger partial charge in [0.25, 0.3) is 11.8 Å². The van der Waals surface area contributed by atoms with Gasteiger partial charge in [-0.3, -0.25) is 14.5 Å². The molecule has 0 fully saturated rings. The van der Waals surface area contributed by atoms with Crippen molar-refractivity contribution < 1.29 is 28.6 Å². The monoisotopic (exact) mass is 526 g/mol. The topological polar surface area (TPSA) is 94.2 Å². The summed E-state index contributed by atoms with van der Waals surface area (Å²) in [6.45, 7) is 5.44. The van der Waals surface area contributed by atoms with Gasteiger partial charge in [0, 0.05) is 17.1 Å². The third-order valence-electron chi connectivity index (χ3n) is 6.11. The molecule has 1 aliphatic heterocycles. The zero-order chi connectivity index (χ0) is 27.9. The van der Waals surface area contributed by atoms with Gasteiger partial charge in [-0.15, -0.1) is 0 Å². The van der Waals surface area contributed by atoms with E-state index >= 15 is 0 Å². The minimum atomic E-state index is -0.565. The predicted molar refractivity (Wildman–Crippen MR) is 150 cm³/mol. The number of nitrogens with one attached hydrogen (secondary N) is 1. The molecule has 0 atom stereocenters. The lowest BCUT2D eigenvalue weighted by atomic mass is 10.0. The largest absolute Gasteiger partial charge is 0.497 e. The van der Waals surface area contributed by atoms with Crippen LogP contribution in [0.25, 0.3) is 6.08 Å². The number of carbonyl (C=O) groups excluding carboxylic acids is 3. The van der Waals surface area contributed by atoms with Crippen LogP contribution in [0.3, 0.4) is 0 Å². The fourth-order valence-electron chi connectivity index (χ4n) is 4.13. The van der Waals surface area contributed by atoms with E-state index in [2.05, 4.69) is 5.32 Å². The van der Waals surface area contributed by atoms with E-state index in [-0.39, 0.29) is 36.2 Å². The van der Waals surface area contributed by atoms with Crippen LogP contribution in [0.2, 0.25) is 0 Å². The van der Waals surface area contributed by atoms with Crippen molar-refractivity contribution in [2.45, 2.75) is 20.8 Å². The minimum Gasteiger partial charge on any atom is -0.497 e. The smallest absolute Gasteiger partial charge is 0.340 e. The normalized spacial score (nSPS) is 14.0. The Kier molecular flexibility index (Phi) is 8.46. The summed E-state index contributed by atoms with van der Waals surface area (Å²) in [6.07, 6.45) is 1.65. The van der Waals surface area contributed by atoms with Crippen LogP contribution in [-0.2, 0) is 19.1 Å². The summed E-state index contributed by atoms with van der Waals surface area (Å²) < 4.78 is 16.1. The van der Waals surface area contributed by atoms with E-state index in [0.717, 1.165) is 5.56 Å². The fraction of sp³-hybridized carbons (Fsp3) is 0.194. The van der Waals surface area contributed by atoms with Crippen LogP contribution < -0.4 is 19.7 Å². The first kappa shape index (κ1) is 27.2. The summed E-state index contributed by atoms with van der Waals surface area (Å²) in [5.41, 5.74) is 4.01. The molecule has 0 unspecified atom stereocenters. The Morgan fingerprint density at radius 1 is 0.897 bits per heavy atom. The summed E-state index contributed by atoms with van der Waals surface area (Å²) in [7, 11) is 1.57. The minimum absolute atomic E-state index is 0.154. The second-order valence-corrected chi connectivity index (χ2v) is 8.85. The van der Waals surface area contributed by atoms with Gasteiger partial charge in [0.15, 0.2) is 6.61 Å². The third kappa shape index (κ3) is 6.35. The van der Waals surface area contributed by atoms with Crippen LogP contribution in [0.5, 0.6) is 11.5 Å². The number of hydrogen-bond acceptors (Lipinski definition) is 6. The summed E-state index contributed by atoms with van der Waals surface area (Å²) in [5.74, 6) is -0.0339. The van der Waals surface area contributed by atoms with Crippen molar-refractivity contribution in [3.63, 3.8) is 0 Å². The molecule has 1 N–H and O–H groups in total. The lowest BCUT2D eigenvalue weighted by Gasteiger charge is -2.18. The molecule has 0 spiro atoms. The Bertz CT molecular complexity index is 1420. The molecule has 0 radical (unpaired) electrons. The maximum atomic E-state index is 13.5. The molecule has 8 nitrogen and oxygen atoms in total. The van der Waals surface area contributed by atoms with Gasteiger partial charge in [-0.25, -0.2) is 4.79 Å². The van der Waals surface area contributed by atoms with Crippen LogP contribution in [-0.4, -0.2) is 38.1 Å². The highest BCUT2D eigenvalue weighted by atomic mass is 16.5. The second kappa shape index (κ2) is 12.1. The first-order valence-electron chi connectivity index (χ1n) is 12.5. The molecule has 0 bridgehead atoms. The average Bonchev–Trinajstić information content (AvgIpc) is 3.18. The molecule has 0 aliphatic carbocycles. The molecule has 0 saturated heterocycles. The highest BCUT2D eigenvalue weighted by Gasteiger charge is 2.38.